The van der Waals surface area contributed by atoms with Gasteiger partial charge in [0.05, 0.1) is 0 Å². The Balaban J connectivity index is 3.38. The van der Waals surface area contributed by atoms with Crippen molar-refractivity contribution in [3.05, 3.63) is 0 Å². The number of rotatable bonds is 1. The molecule has 0 aliphatic carbocycles. The molecule has 0 saturated heterocycles. The van der Waals surface area contributed by atoms with Gasteiger partial charge in [-0.15, -0.1) is 0 Å². The number of nitrogens with two attached hydrogens (primary N) is 1. The van der Waals surface area contributed by atoms with Crippen molar-refractivity contribution >= 4 is 5.96 Å². The van der Waals surface area contributed by atoms with Gasteiger partial charge in [-0.25, -0.2) is 11.3 Å². The number of nitrogens with one attached hydrogen (secondary N) is 3. The quantitative estimate of drug-likeness (QED) is 0.141. The number of hydrogen-bond donors (Lipinski definition) is 4. The van der Waals surface area contributed by atoms with E-state index in [4.69, 9.17) is 5.84 Å². The molecule has 0 saturated carbocycles. The van der Waals surface area contributed by atoms with Crippen molar-refractivity contribution in [2.45, 2.75) is 0 Å². The molecule has 5 heteroatoms. The molecule has 0 aromatic heterocycles. The van der Waals surface area contributed by atoms with E-state index in [0.717, 1.165) is 0 Å². The summed E-state index contributed by atoms with van der Waals surface area (Å²) in [6, 6.07) is 0. The third-order valence-corrected chi connectivity index (χ3v) is 0.604. The SMILES string of the molecule is CN=C(NN)NNC. The maximum atomic E-state index is 4.99. The van der Waals surface area contributed by atoms with Crippen LogP contribution in [-0.4, -0.2) is 20.1 Å². The van der Waals surface area contributed by atoms with E-state index < -0.39 is 0 Å². The van der Waals surface area contributed by atoms with Crippen LogP contribution in [0.2, 0.25) is 0 Å². The van der Waals surface area contributed by atoms with Crippen LogP contribution in [0.15, 0.2) is 4.99 Å². The molecule has 8 heavy (non-hydrogen) atoms. The largest absolute Gasteiger partial charge is 0.293 e. The molecule has 0 atom stereocenters. The van der Waals surface area contributed by atoms with Crippen LogP contribution in [0.4, 0.5) is 0 Å². The zero-order valence-electron chi connectivity index (χ0n) is 5.02. The van der Waals surface area contributed by atoms with Crippen LogP contribution >= 0.6 is 0 Å². The van der Waals surface area contributed by atoms with Gasteiger partial charge in [0.1, 0.15) is 0 Å². The van der Waals surface area contributed by atoms with Crippen LogP contribution in [-0.2, 0) is 0 Å². The van der Waals surface area contributed by atoms with Crippen molar-refractivity contribution in [3.63, 3.8) is 0 Å². The first-order chi connectivity index (χ1) is 3.85. The summed E-state index contributed by atoms with van der Waals surface area (Å²) in [5, 5.41) is 0. The highest BCUT2D eigenvalue weighted by Gasteiger charge is 1.84. The van der Waals surface area contributed by atoms with E-state index in [0.29, 0.717) is 5.96 Å². The van der Waals surface area contributed by atoms with Crippen LogP contribution in [0, 0.1) is 0 Å². The van der Waals surface area contributed by atoms with Gasteiger partial charge in [0.25, 0.3) is 0 Å². The fraction of sp³-hybridized carbons (Fsp3) is 0.667. The van der Waals surface area contributed by atoms with Crippen molar-refractivity contribution in [2.24, 2.45) is 10.8 Å². The van der Waals surface area contributed by atoms with Crippen LogP contribution in [0.5, 0.6) is 0 Å². The van der Waals surface area contributed by atoms with Crippen LogP contribution < -0.4 is 22.1 Å². The summed E-state index contributed by atoms with van der Waals surface area (Å²) in [5.74, 6) is 5.49. The number of hydrogen-bond acceptors (Lipinski definition) is 3. The molecule has 0 aliphatic heterocycles. The Morgan fingerprint density at radius 1 is 1.62 bits per heavy atom. The lowest BCUT2D eigenvalue weighted by Gasteiger charge is -2.03. The monoisotopic (exact) mass is 117 g/mol. The Labute approximate surface area is 48.3 Å². The number of aliphatic imine (C=N–C) groups is 1. The third kappa shape index (κ3) is 2.38. The molecule has 0 aromatic carbocycles. The first-order valence-electron chi connectivity index (χ1n) is 2.21. The molecular formula is C3H11N5. The van der Waals surface area contributed by atoms with Gasteiger partial charge in [0.15, 0.2) is 0 Å². The van der Waals surface area contributed by atoms with Crippen molar-refractivity contribution in [1.82, 2.24) is 16.3 Å². The summed E-state index contributed by atoms with van der Waals surface area (Å²) in [7, 11) is 3.35. The summed E-state index contributed by atoms with van der Waals surface area (Å²) < 4.78 is 0. The molecule has 5 nitrogen and oxygen atoms in total. The van der Waals surface area contributed by atoms with E-state index in [-0.39, 0.29) is 0 Å². The van der Waals surface area contributed by atoms with Gasteiger partial charge in [-0.1, -0.05) is 0 Å². The Kier molecular flexibility index (Phi) is 3.91. The highest BCUT2D eigenvalue weighted by Crippen LogP contribution is 1.53. The van der Waals surface area contributed by atoms with Gasteiger partial charge < -0.3 is 0 Å². The summed E-state index contributed by atoms with van der Waals surface area (Å²) in [4.78, 5) is 3.70. The van der Waals surface area contributed by atoms with Crippen molar-refractivity contribution in [3.8, 4) is 0 Å². The van der Waals surface area contributed by atoms with Gasteiger partial charge in [-0.05, 0) is 0 Å². The second-order valence-corrected chi connectivity index (χ2v) is 1.09. The minimum Gasteiger partial charge on any atom is -0.293 e. The van der Waals surface area contributed by atoms with Gasteiger partial charge >= 0.3 is 0 Å². The van der Waals surface area contributed by atoms with Crippen molar-refractivity contribution < 1.29 is 0 Å². The topological polar surface area (TPSA) is 74.5 Å². The average molecular weight is 117 g/mol. The van der Waals surface area contributed by atoms with Crippen molar-refractivity contribution in [1.29, 1.82) is 0 Å². The summed E-state index contributed by atoms with van der Waals surface area (Å²) in [5.41, 5.74) is 7.62. The molecule has 0 bridgehead atoms. The van der Waals surface area contributed by atoms with Crippen molar-refractivity contribution in [2.75, 3.05) is 14.1 Å². The molecule has 0 aliphatic rings. The summed E-state index contributed by atoms with van der Waals surface area (Å²) >= 11 is 0. The summed E-state index contributed by atoms with van der Waals surface area (Å²) in [6.45, 7) is 0. The lowest BCUT2D eigenvalue weighted by atomic mass is 11.0. The molecule has 0 rings (SSSR count). The minimum absolute atomic E-state index is 0.507. The predicted molar refractivity (Wildman–Crippen MR) is 32.9 cm³/mol. The highest BCUT2D eigenvalue weighted by molar-refractivity contribution is 5.78. The summed E-state index contributed by atoms with van der Waals surface area (Å²) in [6.07, 6.45) is 0. The maximum absolute atomic E-state index is 4.99. The Bertz CT molecular complexity index is 77.7. The Morgan fingerprint density at radius 3 is 2.38 bits per heavy atom. The number of hydrazine groups is 2. The first kappa shape index (κ1) is 7.19. The Morgan fingerprint density at radius 2 is 2.25 bits per heavy atom. The van der Waals surface area contributed by atoms with E-state index >= 15 is 0 Å². The molecule has 0 unspecified atom stereocenters. The smallest absolute Gasteiger partial charge is 0.220 e. The molecule has 48 valence electrons. The first-order valence-corrected chi connectivity index (χ1v) is 2.21. The van der Waals surface area contributed by atoms with Gasteiger partial charge in [0.2, 0.25) is 5.96 Å². The molecule has 0 spiro atoms. The van der Waals surface area contributed by atoms with Gasteiger partial charge in [-0.3, -0.25) is 15.8 Å². The van der Waals surface area contributed by atoms with Gasteiger partial charge in [-0.2, -0.15) is 0 Å². The lowest BCUT2D eigenvalue weighted by molar-refractivity contribution is 0.732. The van der Waals surface area contributed by atoms with E-state index in [1.54, 1.807) is 14.1 Å². The van der Waals surface area contributed by atoms with Crippen LogP contribution in [0.1, 0.15) is 0 Å². The predicted octanol–water partition coefficient (Wildman–Crippen LogP) is -1.84. The zero-order valence-corrected chi connectivity index (χ0v) is 5.02. The second-order valence-electron chi connectivity index (χ2n) is 1.09. The van der Waals surface area contributed by atoms with E-state index in [2.05, 4.69) is 21.3 Å². The fourth-order valence-corrected chi connectivity index (χ4v) is 0.275. The second kappa shape index (κ2) is 4.35. The lowest BCUT2D eigenvalue weighted by Crippen LogP contribution is -2.46. The van der Waals surface area contributed by atoms with Crippen LogP contribution in [0.3, 0.4) is 0 Å². The van der Waals surface area contributed by atoms with Gasteiger partial charge in [0, 0.05) is 14.1 Å². The third-order valence-electron chi connectivity index (χ3n) is 0.604. The van der Waals surface area contributed by atoms with E-state index in [9.17, 15) is 0 Å². The van der Waals surface area contributed by atoms with E-state index in [1.165, 1.54) is 0 Å². The molecule has 0 aromatic rings. The Hall–Kier alpha value is -0.810. The normalized spacial score (nSPS) is 11.1. The molecule has 0 fully saturated rings. The standard InChI is InChI=1S/C3H11N5/c1-5-3(7-4)8-6-2/h6H,4H2,1-2H3,(H2,5,7,8). The number of nitrogens with zero attached hydrogens (tertiary/aromatic N) is 1. The molecule has 0 radical (unpaired) electrons. The molecule has 0 heterocycles. The maximum Gasteiger partial charge on any atom is 0.220 e. The zero-order chi connectivity index (χ0) is 6.41. The molecule has 5 N–H and O–H groups in total. The molecule has 0 amide bonds. The minimum atomic E-state index is 0.507. The highest BCUT2D eigenvalue weighted by atomic mass is 15.5. The van der Waals surface area contributed by atoms with Crippen LogP contribution in [0.25, 0.3) is 0 Å². The average Bonchev–Trinajstić information content (AvgIpc) is 1.83. The van der Waals surface area contributed by atoms with E-state index in [1.807, 2.05) is 0 Å². The molecular weight excluding hydrogens is 106 g/mol. The fourth-order valence-electron chi connectivity index (χ4n) is 0.275. The number of guanidine groups is 1.